The third-order valence-electron chi connectivity index (χ3n) is 1.76. The summed E-state index contributed by atoms with van der Waals surface area (Å²) in [4.78, 5) is 43.0. The Kier molecular flexibility index (Phi) is 7.52. The van der Waals surface area contributed by atoms with Crippen molar-refractivity contribution in [2.24, 2.45) is 11.5 Å². The minimum Gasteiger partial charge on any atom is -0.480 e. The predicted octanol–water partition coefficient (Wildman–Crippen LogP) is -1.96. The Hall–Kier alpha value is -1.77. The summed E-state index contributed by atoms with van der Waals surface area (Å²) < 4.78 is 0. The summed E-state index contributed by atoms with van der Waals surface area (Å²) in [5, 5.41) is 10.9. The second-order valence-corrected chi connectivity index (χ2v) is 4.50. The van der Waals surface area contributed by atoms with Crippen molar-refractivity contribution in [2.75, 3.05) is 11.5 Å². The first-order chi connectivity index (χ1) is 8.32. The number of primary amides is 2. The lowest BCUT2D eigenvalue weighted by Gasteiger charge is -2.12. The molecule has 9 heteroatoms. The van der Waals surface area contributed by atoms with Crippen molar-refractivity contribution in [1.29, 1.82) is 0 Å². The van der Waals surface area contributed by atoms with E-state index in [-0.39, 0.29) is 12.2 Å². The van der Waals surface area contributed by atoms with E-state index in [1.165, 1.54) is 0 Å². The number of amides is 3. The summed E-state index contributed by atoms with van der Waals surface area (Å²) in [7, 11) is 0. The predicted molar refractivity (Wildman–Crippen MR) is 64.5 cm³/mol. The lowest BCUT2D eigenvalue weighted by atomic mass is 10.2. The number of carbonyl (C=O) groups excluding carboxylic acids is 3. The Morgan fingerprint density at radius 3 is 2.22 bits per heavy atom. The molecule has 0 aromatic heterocycles. The molecule has 0 bridgehead atoms. The SMILES string of the molecule is NC(=O)CSCCC(=O)N[C@@H](CC(N)=O)C(=O)O. The van der Waals surface area contributed by atoms with E-state index in [1.807, 2.05) is 0 Å². The Balaban J connectivity index is 3.99. The van der Waals surface area contributed by atoms with Gasteiger partial charge < -0.3 is 21.9 Å². The molecule has 0 saturated carbocycles. The first-order valence-electron chi connectivity index (χ1n) is 4.99. The van der Waals surface area contributed by atoms with Crippen LogP contribution in [0.15, 0.2) is 0 Å². The van der Waals surface area contributed by atoms with Gasteiger partial charge in [0.2, 0.25) is 17.7 Å². The van der Waals surface area contributed by atoms with E-state index in [9.17, 15) is 19.2 Å². The van der Waals surface area contributed by atoms with Crippen LogP contribution in [0.2, 0.25) is 0 Å². The molecular formula is C9H15N3O5S. The van der Waals surface area contributed by atoms with Gasteiger partial charge >= 0.3 is 5.97 Å². The molecule has 0 aliphatic heterocycles. The highest BCUT2D eigenvalue weighted by molar-refractivity contribution is 7.99. The van der Waals surface area contributed by atoms with Gasteiger partial charge in [0.15, 0.2) is 0 Å². The molecule has 0 aliphatic carbocycles. The normalized spacial score (nSPS) is 11.6. The molecule has 18 heavy (non-hydrogen) atoms. The number of carbonyl (C=O) groups is 4. The van der Waals surface area contributed by atoms with Gasteiger partial charge in [0.25, 0.3) is 0 Å². The molecule has 102 valence electrons. The highest BCUT2D eigenvalue weighted by Gasteiger charge is 2.21. The van der Waals surface area contributed by atoms with Gasteiger partial charge in [-0.1, -0.05) is 0 Å². The maximum absolute atomic E-state index is 11.3. The van der Waals surface area contributed by atoms with E-state index in [0.717, 1.165) is 11.8 Å². The van der Waals surface area contributed by atoms with Crippen LogP contribution in [-0.4, -0.2) is 46.3 Å². The molecule has 0 aromatic rings. The third-order valence-corrected chi connectivity index (χ3v) is 2.74. The van der Waals surface area contributed by atoms with Crippen molar-refractivity contribution in [2.45, 2.75) is 18.9 Å². The largest absolute Gasteiger partial charge is 0.480 e. The minimum absolute atomic E-state index is 0.0283. The molecule has 6 N–H and O–H groups in total. The third kappa shape index (κ3) is 8.39. The van der Waals surface area contributed by atoms with Gasteiger partial charge in [-0.05, 0) is 0 Å². The summed E-state index contributed by atoms with van der Waals surface area (Å²) in [5.74, 6) is -2.73. The molecule has 0 spiro atoms. The van der Waals surface area contributed by atoms with Gasteiger partial charge in [0, 0.05) is 12.2 Å². The van der Waals surface area contributed by atoms with Crippen molar-refractivity contribution < 1.29 is 24.3 Å². The maximum Gasteiger partial charge on any atom is 0.326 e. The number of carboxylic acid groups (broad SMARTS) is 1. The molecule has 0 radical (unpaired) electrons. The van der Waals surface area contributed by atoms with Crippen LogP contribution in [0.5, 0.6) is 0 Å². The molecule has 0 rings (SSSR count). The smallest absolute Gasteiger partial charge is 0.326 e. The maximum atomic E-state index is 11.3. The molecule has 0 fully saturated rings. The summed E-state index contributed by atoms with van der Waals surface area (Å²) in [6.45, 7) is 0. The molecule has 8 nitrogen and oxygen atoms in total. The fourth-order valence-corrected chi connectivity index (χ4v) is 1.68. The van der Waals surface area contributed by atoms with E-state index >= 15 is 0 Å². The van der Waals surface area contributed by atoms with Crippen LogP contribution in [0.4, 0.5) is 0 Å². The Morgan fingerprint density at radius 1 is 1.17 bits per heavy atom. The topological polar surface area (TPSA) is 153 Å². The summed E-state index contributed by atoms with van der Waals surface area (Å²) in [6.07, 6.45) is -0.435. The van der Waals surface area contributed by atoms with Crippen LogP contribution in [0, 0.1) is 0 Å². The van der Waals surface area contributed by atoms with E-state index in [2.05, 4.69) is 5.32 Å². The molecule has 0 aromatic carbocycles. The number of thioether (sulfide) groups is 1. The van der Waals surface area contributed by atoms with Crippen LogP contribution >= 0.6 is 11.8 Å². The zero-order chi connectivity index (χ0) is 14.1. The Labute approximate surface area is 107 Å². The van der Waals surface area contributed by atoms with Crippen LogP contribution in [0.25, 0.3) is 0 Å². The van der Waals surface area contributed by atoms with Crippen molar-refractivity contribution in [3.05, 3.63) is 0 Å². The fourth-order valence-electron chi connectivity index (χ4n) is 1.01. The van der Waals surface area contributed by atoms with Crippen molar-refractivity contribution >= 4 is 35.5 Å². The molecule has 0 heterocycles. The fraction of sp³-hybridized carbons (Fsp3) is 0.556. The molecule has 1 atom stereocenters. The van der Waals surface area contributed by atoms with E-state index in [0.29, 0.717) is 5.75 Å². The quantitative estimate of drug-likeness (QED) is 0.359. The number of hydrogen-bond donors (Lipinski definition) is 4. The van der Waals surface area contributed by atoms with E-state index < -0.39 is 36.2 Å². The van der Waals surface area contributed by atoms with E-state index in [1.54, 1.807) is 0 Å². The molecular weight excluding hydrogens is 262 g/mol. The first kappa shape index (κ1) is 16.2. The molecule has 0 aliphatic rings. The standard InChI is InChI=1S/C9H15N3O5S/c10-6(13)3-5(9(16)17)12-8(15)1-2-18-4-7(11)14/h5H,1-4H2,(H2,10,13)(H2,11,14)(H,12,15)(H,16,17)/t5-/m0/s1. The number of carboxylic acids is 1. The lowest BCUT2D eigenvalue weighted by molar-refractivity contribution is -0.143. The average Bonchev–Trinajstić information content (AvgIpc) is 2.22. The van der Waals surface area contributed by atoms with Crippen LogP contribution in [0.3, 0.4) is 0 Å². The molecule has 0 saturated heterocycles. The van der Waals surface area contributed by atoms with Crippen molar-refractivity contribution in [1.82, 2.24) is 5.32 Å². The van der Waals surface area contributed by atoms with Gasteiger partial charge in [-0.25, -0.2) is 4.79 Å². The highest BCUT2D eigenvalue weighted by Crippen LogP contribution is 2.02. The second-order valence-electron chi connectivity index (χ2n) is 3.40. The van der Waals surface area contributed by atoms with Crippen LogP contribution in [-0.2, 0) is 19.2 Å². The summed E-state index contributed by atoms with van der Waals surface area (Å²) in [6, 6.07) is -1.32. The van der Waals surface area contributed by atoms with Gasteiger partial charge in [0.1, 0.15) is 6.04 Å². The first-order valence-corrected chi connectivity index (χ1v) is 6.15. The number of nitrogens with one attached hydrogen (secondary N) is 1. The zero-order valence-corrected chi connectivity index (χ0v) is 10.4. The highest BCUT2D eigenvalue weighted by atomic mass is 32.2. The van der Waals surface area contributed by atoms with Crippen molar-refractivity contribution in [3.63, 3.8) is 0 Å². The van der Waals surface area contributed by atoms with Gasteiger partial charge in [0.05, 0.1) is 12.2 Å². The Bertz CT molecular complexity index is 347. The molecule has 3 amide bonds. The monoisotopic (exact) mass is 277 g/mol. The number of rotatable bonds is 9. The Morgan fingerprint density at radius 2 is 1.78 bits per heavy atom. The van der Waals surface area contributed by atoms with Gasteiger partial charge in [-0.3, -0.25) is 14.4 Å². The zero-order valence-electron chi connectivity index (χ0n) is 9.55. The summed E-state index contributed by atoms with van der Waals surface area (Å²) in [5.41, 5.74) is 9.75. The number of hydrogen-bond acceptors (Lipinski definition) is 5. The second kappa shape index (κ2) is 8.34. The van der Waals surface area contributed by atoms with Gasteiger partial charge in [-0.15, -0.1) is 0 Å². The minimum atomic E-state index is -1.33. The van der Waals surface area contributed by atoms with Crippen molar-refractivity contribution in [3.8, 4) is 0 Å². The number of aliphatic carboxylic acids is 1. The van der Waals surface area contributed by atoms with E-state index in [4.69, 9.17) is 16.6 Å². The van der Waals surface area contributed by atoms with Crippen LogP contribution < -0.4 is 16.8 Å². The summed E-state index contributed by atoms with van der Waals surface area (Å²) >= 11 is 1.16. The lowest BCUT2D eigenvalue weighted by Crippen LogP contribution is -2.43. The average molecular weight is 277 g/mol. The molecule has 0 unspecified atom stereocenters. The number of nitrogens with two attached hydrogens (primary N) is 2. The van der Waals surface area contributed by atoms with Crippen LogP contribution in [0.1, 0.15) is 12.8 Å². The van der Waals surface area contributed by atoms with Gasteiger partial charge in [-0.2, -0.15) is 11.8 Å².